The highest BCUT2D eigenvalue weighted by Crippen LogP contribution is 2.27. The molecule has 0 spiro atoms. The van der Waals surface area contributed by atoms with Crippen LogP contribution < -0.4 is 10.5 Å². The number of fused-ring (bicyclic) bond motifs is 1. The molecule has 2 aromatic rings. The number of nitrogens with zero attached hydrogens (tertiary/aromatic N) is 4. The van der Waals surface area contributed by atoms with Gasteiger partial charge in [0.05, 0.1) is 11.1 Å². The lowest BCUT2D eigenvalue weighted by molar-refractivity contribution is 0.399. The molecule has 3 N–H and O–H groups in total. The smallest absolute Gasteiger partial charge is 0.244 e. The van der Waals surface area contributed by atoms with Crippen molar-refractivity contribution in [3.63, 3.8) is 0 Å². The number of nitrogen functional groups attached to an aromatic ring is 1. The third kappa shape index (κ3) is 2.79. The average Bonchev–Trinajstić information content (AvgIpc) is 2.82. The minimum absolute atomic E-state index is 0.0923. The van der Waals surface area contributed by atoms with E-state index in [-0.39, 0.29) is 15.7 Å². The van der Waals surface area contributed by atoms with Crippen LogP contribution in [0.5, 0.6) is 0 Å². The second-order valence-corrected chi connectivity index (χ2v) is 7.21. The molecule has 0 aliphatic carbocycles. The van der Waals surface area contributed by atoms with Gasteiger partial charge in [-0.15, -0.1) is 0 Å². The Morgan fingerprint density at radius 3 is 3.05 bits per heavy atom. The standard InChI is InChI=1S/C12H15ClN6O2S/c1-7-16-12-9(3-2-4-19(12)17-7)18-22(20,21)10-5-8(13)6-15-11(10)14/h5-6,9,18H,2-4H2,1H3,(H2,14,15)/t9-/m1/s1. The summed E-state index contributed by atoms with van der Waals surface area (Å²) in [5, 5.41) is 4.45. The minimum atomic E-state index is -3.85. The molecule has 3 heterocycles. The van der Waals surface area contributed by atoms with Crippen molar-refractivity contribution in [3.8, 4) is 0 Å². The number of hydrogen-bond acceptors (Lipinski definition) is 6. The van der Waals surface area contributed by atoms with Gasteiger partial charge >= 0.3 is 0 Å². The molecule has 0 aromatic carbocycles. The first-order valence-corrected chi connectivity index (χ1v) is 8.57. The number of nitrogens with one attached hydrogen (secondary N) is 1. The third-order valence-corrected chi connectivity index (χ3v) is 5.12. The Labute approximate surface area is 132 Å². The van der Waals surface area contributed by atoms with Crippen molar-refractivity contribution in [1.29, 1.82) is 0 Å². The van der Waals surface area contributed by atoms with E-state index in [1.807, 2.05) is 0 Å². The normalized spacial score (nSPS) is 18.2. The number of halogens is 1. The Morgan fingerprint density at radius 1 is 1.50 bits per heavy atom. The Kier molecular flexibility index (Phi) is 3.79. The summed E-state index contributed by atoms with van der Waals surface area (Å²) in [5.41, 5.74) is 5.66. The highest BCUT2D eigenvalue weighted by molar-refractivity contribution is 7.89. The molecule has 118 valence electrons. The van der Waals surface area contributed by atoms with Crippen LogP contribution in [0.25, 0.3) is 0 Å². The van der Waals surface area contributed by atoms with Gasteiger partial charge in [-0.05, 0) is 25.8 Å². The van der Waals surface area contributed by atoms with Crippen LogP contribution in [0.15, 0.2) is 17.2 Å². The molecule has 0 saturated carbocycles. The monoisotopic (exact) mass is 342 g/mol. The first-order valence-electron chi connectivity index (χ1n) is 6.71. The van der Waals surface area contributed by atoms with Crippen molar-refractivity contribution in [3.05, 3.63) is 28.9 Å². The summed E-state index contributed by atoms with van der Waals surface area (Å²) >= 11 is 5.81. The molecule has 0 unspecified atom stereocenters. The van der Waals surface area contributed by atoms with Crippen molar-refractivity contribution >= 4 is 27.4 Å². The fraction of sp³-hybridized carbons (Fsp3) is 0.417. The van der Waals surface area contributed by atoms with E-state index in [0.29, 0.717) is 18.1 Å². The quantitative estimate of drug-likeness (QED) is 0.860. The molecule has 0 radical (unpaired) electrons. The number of anilines is 1. The summed E-state index contributed by atoms with van der Waals surface area (Å²) in [5.74, 6) is 1.14. The number of hydrogen-bond donors (Lipinski definition) is 2. The van der Waals surface area contributed by atoms with Crippen molar-refractivity contribution in [2.45, 2.75) is 37.2 Å². The van der Waals surface area contributed by atoms with Crippen molar-refractivity contribution in [2.24, 2.45) is 0 Å². The Hall–Kier alpha value is -1.71. The Morgan fingerprint density at radius 2 is 2.27 bits per heavy atom. The van der Waals surface area contributed by atoms with Gasteiger partial charge in [0.1, 0.15) is 22.4 Å². The summed E-state index contributed by atoms with van der Waals surface area (Å²) in [4.78, 5) is 7.95. The molecule has 0 amide bonds. The largest absolute Gasteiger partial charge is 0.383 e. The van der Waals surface area contributed by atoms with Gasteiger partial charge in [0, 0.05) is 12.7 Å². The van der Waals surface area contributed by atoms with Crippen molar-refractivity contribution in [2.75, 3.05) is 5.73 Å². The van der Waals surface area contributed by atoms with E-state index in [1.54, 1.807) is 11.6 Å². The van der Waals surface area contributed by atoms with Crippen LogP contribution >= 0.6 is 11.6 Å². The lowest BCUT2D eigenvalue weighted by atomic mass is 10.1. The number of pyridine rings is 1. The topological polar surface area (TPSA) is 116 Å². The zero-order chi connectivity index (χ0) is 15.9. The van der Waals surface area contributed by atoms with E-state index in [1.165, 1.54) is 12.3 Å². The number of aryl methyl sites for hydroxylation is 2. The zero-order valence-electron chi connectivity index (χ0n) is 11.8. The van der Waals surface area contributed by atoms with Crippen LogP contribution in [0.4, 0.5) is 5.82 Å². The minimum Gasteiger partial charge on any atom is -0.383 e. The highest BCUT2D eigenvalue weighted by atomic mass is 35.5. The molecule has 2 aromatic heterocycles. The number of sulfonamides is 1. The average molecular weight is 343 g/mol. The molecule has 0 fully saturated rings. The molecule has 10 heteroatoms. The molecule has 0 saturated heterocycles. The first-order chi connectivity index (χ1) is 10.4. The molecule has 0 bridgehead atoms. The molecular formula is C12H15ClN6O2S. The van der Waals surface area contributed by atoms with Gasteiger partial charge in [0.25, 0.3) is 0 Å². The first kappa shape index (κ1) is 15.2. The van der Waals surface area contributed by atoms with E-state index < -0.39 is 16.1 Å². The summed E-state index contributed by atoms with van der Waals surface area (Å²) in [6.07, 6.45) is 2.76. The van der Waals surface area contributed by atoms with Gasteiger partial charge in [0.15, 0.2) is 0 Å². The zero-order valence-corrected chi connectivity index (χ0v) is 13.4. The fourth-order valence-corrected chi connectivity index (χ4v) is 4.03. The molecule has 3 rings (SSSR count). The van der Waals surface area contributed by atoms with Crippen LogP contribution in [0.3, 0.4) is 0 Å². The Balaban J connectivity index is 1.94. The van der Waals surface area contributed by atoms with Crippen LogP contribution in [0.1, 0.15) is 30.5 Å². The predicted molar refractivity (Wildman–Crippen MR) is 80.7 cm³/mol. The number of rotatable bonds is 3. The molecule has 22 heavy (non-hydrogen) atoms. The summed E-state index contributed by atoms with van der Waals surface area (Å²) in [6.45, 7) is 2.50. The molecule has 1 atom stereocenters. The van der Waals surface area contributed by atoms with E-state index in [2.05, 4.69) is 19.8 Å². The van der Waals surface area contributed by atoms with Crippen LogP contribution in [-0.2, 0) is 16.6 Å². The summed E-state index contributed by atoms with van der Waals surface area (Å²) in [7, 11) is -3.85. The fourth-order valence-electron chi connectivity index (χ4n) is 2.48. The van der Waals surface area contributed by atoms with Gasteiger partial charge in [-0.25, -0.2) is 27.8 Å². The van der Waals surface area contributed by atoms with Gasteiger partial charge in [-0.2, -0.15) is 5.10 Å². The number of aromatic nitrogens is 4. The maximum atomic E-state index is 12.5. The van der Waals surface area contributed by atoms with Crippen LogP contribution in [0.2, 0.25) is 5.02 Å². The Bertz CT molecular complexity index is 819. The van der Waals surface area contributed by atoms with Gasteiger partial charge in [0.2, 0.25) is 10.0 Å². The third-order valence-electron chi connectivity index (χ3n) is 3.42. The lowest BCUT2D eigenvalue weighted by Gasteiger charge is -2.23. The number of nitrogens with two attached hydrogens (primary N) is 1. The van der Waals surface area contributed by atoms with Crippen LogP contribution in [-0.4, -0.2) is 28.2 Å². The second-order valence-electron chi connectivity index (χ2n) is 5.09. The second kappa shape index (κ2) is 5.49. The molecule has 8 nitrogen and oxygen atoms in total. The lowest BCUT2D eigenvalue weighted by Crippen LogP contribution is -2.33. The van der Waals surface area contributed by atoms with Gasteiger partial charge < -0.3 is 5.73 Å². The van der Waals surface area contributed by atoms with E-state index in [0.717, 1.165) is 13.0 Å². The van der Waals surface area contributed by atoms with E-state index in [9.17, 15) is 8.42 Å². The highest BCUT2D eigenvalue weighted by Gasteiger charge is 2.29. The maximum absolute atomic E-state index is 12.5. The molecular weight excluding hydrogens is 328 g/mol. The predicted octanol–water partition coefficient (Wildman–Crippen LogP) is 1.03. The van der Waals surface area contributed by atoms with E-state index in [4.69, 9.17) is 17.3 Å². The maximum Gasteiger partial charge on any atom is 0.244 e. The van der Waals surface area contributed by atoms with E-state index >= 15 is 0 Å². The summed E-state index contributed by atoms with van der Waals surface area (Å²) in [6, 6.07) is 0.837. The SMILES string of the molecule is Cc1nc2n(n1)CCC[C@H]2NS(=O)(=O)c1cc(Cl)cnc1N. The van der Waals surface area contributed by atoms with Gasteiger partial charge in [-0.3, -0.25) is 0 Å². The molecule has 1 aliphatic heterocycles. The van der Waals surface area contributed by atoms with Crippen molar-refractivity contribution in [1.82, 2.24) is 24.5 Å². The van der Waals surface area contributed by atoms with Crippen molar-refractivity contribution < 1.29 is 8.42 Å². The molecule has 1 aliphatic rings. The van der Waals surface area contributed by atoms with Crippen LogP contribution in [0, 0.1) is 6.92 Å². The summed E-state index contributed by atoms with van der Waals surface area (Å²) < 4.78 is 29.4. The van der Waals surface area contributed by atoms with Gasteiger partial charge in [-0.1, -0.05) is 11.6 Å².